The molecule has 0 bridgehead atoms. The fraction of sp³-hybridized carbons (Fsp3) is 0.857. The Labute approximate surface area is 159 Å². The molecule has 0 aromatic rings. The zero-order chi connectivity index (χ0) is 14.5. The predicted molar refractivity (Wildman–Crippen MR) is 105 cm³/mol. The monoisotopic (exact) mass is 446 g/mol. The fourth-order valence-electron chi connectivity index (χ4n) is 0.440. The molecule has 5 heteroatoms. The van der Waals surface area contributed by atoms with Gasteiger partial charge in [0.1, 0.15) is 0 Å². The Hall–Kier alpha value is 2.20. The SMILES string of the molecule is [CH2]CCC.[CH2]CCC.[S-]CCSCCSCC[S-].[Sn+2]. The van der Waals surface area contributed by atoms with E-state index in [0.717, 1.165) is 35.9 Å². The second kappa shape index (κ2) is 36.9. The van der Waals surface area contributed by atoms with Crippen molar-refractivity contribution >= 4 is 72.7 Å². The first kappa shape index (κ1) is 29.2. The van der Waals surface area contributed by atoms with E-state index in [1.165, 1.54) is 24.3 Å². The molecule has 0 aliphatic heterocycles. The molecular formula is C14H30S4Sn. The van der Waals surface area contributed by atoms with Gasteiger partial charge in [0, 0.05) is 11.5 Å². The molecule has 114 valence electrons. The summed E-state index contributed by atoms with van der Waals surface area (Å²) in [6.45, 7) is 11.4. The second-order valence-corrected chi connectivity index (χ2v) is 6.61. The molecule has 0 amide bonds. The summed E-state index contributed by atoms with van der Waals surface area (Å²) in [4.78, 5) is 0. The summed E-state index contributed by atoms with van der Waals surface area (Å²) in [6, 6.07) is 0. The zero-order valence-electron chi connectivity index (χ0n) is 12.6. The Kier molecular flexibility index (Phi) is 56.8. The molecule has 0 atom stereocenters. The molecule has 0 rings (SSSR count). The van der Waals surface area contributed by atoms with Crippen LogP contribution in [0.5, 0.6) is 0 Å². The predicted octanol–water partition coefficient (Wildman–Crippen LogP) is 4.41. The van der Waals surface area contributed by atoms with Crippen molar-refractivity contribution in [2.45, 2.75) is 39.5 Å². The van der Waals surface area contributed by atoms with E-state index in [0.29, 0.717) is 0 Å². The van der Waals surface area contributed by atoms with Crippen LogP contribution >= 0.6 is 23.5 Å². The Balaban J connectivity index is -0.000000105. The molecule has 0 N–H and O–H groups in total. The van der Waals surface area contributed by atoms with Crippen molar-refractivity contribution in [2.24, 2.45) is 0 Å². The van der Waals surface area contributed by atoms with Crippen molar-refractivity contribution in [3.8, 4) is 0 Å². The Morgan fingerprint density at radius 1 is 0.737 bits per heavy atom. The molecule has 0 saturated carbocycles. The van der Waals surface area contributed by atoms with Crippen LogP contribution in [0, 0.1) is 13.8 Å². The normalized spacial score (nSPS) is 8.53. The minimum atomic E-state index is 0. The van der Waals surface area contributed by atoms with E-state index in [4.69, 9.17) is 25.3 Å². The van der Waals surface area contributed by atoms with Crippen LogP contribution in [0.15, 0.2) is 0 Å². The van der Waals surface area contributed by atoms with Crippen molar-refractivity contribution < 1.29 is 0 Å². The van der Waals surface area contributed by atoms with Crippen LogP contribution in [0.4, 0.5) is 0 Å². The average Bonchev–Trinajstić information content (AvgIpc) is 2.43. The maximum atomic E-state index is 4.81. The van der Waals surface area contributed by atoms with Gasteiger partial charge in [0.15, 0.2) is 0 Å². The van der Waals surface area contributed by atoms with Crippen LogP contribution in [0.3, 0.4) is 0 Å². The fourth-order valence-corrected chi connectivity index (χ4v) is 2.73. The number of unbranched alkanes of at least 4 members (excludes halogenated alkanes) is 2. The van der Waals surface area contributed by atoms with Crippen molar-refractivity contribution in [1.82, 2.24) is 0 Å². The third kappa shape index (κ3) is 53.3. The van der Waals surface area contributed by atoms with Crippen LogP contribution in [0.25, 0.3) is 0 Å². The molecule has 0 spiro atoms. The standard InChI is InChI=1S/C6H14S4.2C4H9.Sn/c7-1-3-9-5-6-10-4-2-8;2*1-3-4-2;/h7-8H,1-6H2;2*1,3-4H2,2H3;/q;;;+2/p-2. The quantitative estimate of drug-likeness (QED) is 0.293. The zero-order valence-corrected chi connectivity index (χ0v) is 18.7. The van der Waals surface area contributed by atoms with Crippen molar-refractivity contribution in [2.75, 3.05) is 34.5 Å². The van der Waals surface area contributed by atoms with Gasteiger partial charge in [-0.15, -0.1) is 0 Å². The van der Waals surface area contributed by atoms with Crippen molar-refractivity contribution in [3.05, 3.63) is 13.8 Å². The average molecular weight is 445 g/mol. The minimum absolute atomic E-state index is 0. The maximum absolute atomic E-state index is 4.81. The van der Waals surface area contributed by atoms with E-state index in [1.54, 1.807) is 0 Å². The van der Waals surface area contributed by atoms with Gasteiger partial charge in [0.2, 0.25) is 0 Å². The van der Waals surface area contributed by atoms with Crippen molar-refractivity contribution in [3.63, 3.8) is 0 Å². The summed E-state index contributed by atoms with van der Waals surface area (Å²) in [5.41, 5.74) is 0. The maximum Gasteiger partial charge on any atom is 2.00 e. The van der Waals surface area contributed by atoms with Gasteiger partial charge < -0.3 is 25.3 Å². The van der Waals surface area contributed by atoms with Crippen LogP contribution in [-0.4, -0.2) is 58.4 Å². The van der Waals surface area contributed by atoms with Gasteiger partial charge in [0.25, 0.3) is 0 Å². The molecule has 0 aliphatic rings. The largest absolute Gasteiger partial charge is 2.00 e. The number of hydrogen-bond acceptors (Lipinski definition) is 4. The summed E-state index contributed by atoms with van der Waals surface area (Å²) in [7, 11) is 0. The third-order valence-corrected chi connectivity index (χ3v) is 4.69. The van der Waals surface area contributed by atoms with E-state index >= 15 is 0 Å². The topological polar surface area (TPSA) is 0 Å². The van der Waals surface area contributed by atoms with Crippen LogP contribution in [0.2, 0.25) is 0 Å². The molecule has 0 unspecified atom stereocenters. The number of thioether (sulfide) groups is 2. The van der Waals surface area contributed by atoms with E-state index in [9.17, 15) is 0 Å². The number of rotatable bonds is 9. The molecule has 0 aromatic carbocycles. The summed E-state index contributed by atoms with van der Waals surface area (Å²) in [5.74, 6) is 6.49. The van der Waals surface area contributed by atoms with Gasteiger partial charge in [-0.1, -0.05) is 53.4 Å². The van der Waals surface area contributed by atoms with Crippen LogP contribution in [0.1, 0.15) is 39.5 Å². The van der Waals surface area contributed by atoms with Crippen molar-refractivity contribution in [1.29, 1.82) is 0 Å². The molecule has 19 heavy (non-hydrogen) atoms. The first-order valence-electron chi connectivity index (χ1n) is 6.65. The molecule has 0 saturated heterocycles. The summed E-state index contributed by atoms with van der Waals surface area (Å²) < 4.78 is 0. The van der Waals surface area contributed by atoms with E-state index in [-0.39, 0.29) is 23.9 Å². The first-order chi connectivity index (χ1) is 8.74. The minimum Gasteiger partial charge on any atom is -0.792 e. The first-order valence-corrected chi connectivity index (χ1v) is 10.1. The molecule has 4 radical (unpaired) electrons. The smallest absolute Gasteiger partial charge is 0.792 e. The van der Waals surface area contributed by atoms with Gasteiger partial charge >= 0.3 is 23.9 Å². The van der Waals surface area contributed by atoms with Gasteiger partial charge in [-0.3, -0.25) is 0 Å². The Morgan fingerprint density at radius 3 is 1.16 bits per heavy atom. The Bertz CT molecular complexity index is 89.4. The van der Waals surface area contributed by atoms with E-state index in [2.05, 4.69) is 27.7 Å². The number of hydrogen-bond donors (Lipinski definition) is 0. The van der Waals surface area contributed by atoms with Gasteiger partial charge in [-0.05, 0) is 11.5 Å². The van der Waals surface area contributed by atoms with Crippen LogP contribution < -0.4 is 0 Å². The molecule has 0 fully saturated rings. The second-order valence-electron chi connectivity index (χ2n) is 3.34. The summed E-state index contributed by atoms with van der Waals surface area (Å²) in [6.07, 6.45) is 4.56. The molecule has 0 heterocycles. The molecule has 0 nitrogen and oxygen atoms in total. The van der Waals surface area contributed by atoms with Gasteiger partial charge in [-0.25, -0.2) is 0 Å². The van der Waals surface area contributed by atoms with Crippen LogP contribution in [-0.2, 0) is 25.3 Å². The molecule has 0 aliphatic carbocycles. The Morgan fingerprint density at radius 2 is 1.00 bits per heavy atom. The van der Waals surface area contributed by atoms with E-state index in [1.807, 2.05) is 23.5 Å². The molecule has 0 aromatic heterocycles. The summed E-state index contributed by atoms with van der Waals surface area (Å²) in [5, 5.41) is 0. The van der Waals surface area contributed by atoms with Gasteiger partial charge in [-0.2, -0.15) is 35.0 Å². The molecular weight excluding hydrogens is 415 g/mol. The van der Waals surface area contributed by atoms with E-state index < -0.39 is 0 Å². The van der Waals surface area contributed by atoms with Gasteiger partial charge in [0.05, 0.1) is 0 Å². The summed E-state index contributed by atoms with van der Waals surface area (Å²) >= 11 is 13.5. The third-order valence-electron chi connectivity index (χ3n) is 1.53.